The predicted octanol–water partition coefficient (Wildman–Crippen LogP) is 4.88. The SMILES string of the molecule is CC1(C(=O)NC2CCCC2)Cn2c(ccc2-c2ccco2)C(=O)N1Cc1ccc(Cl)cc1. The van der Waals surface area contributed by atoms with E-state index in [1.807, 2.05) is 47.9 Å². The van der Waals surface area contributed by atoms with Gasteiger partial charge >= 0.3 is 0 Å². The second-order valence-electron chi connectivity index (χ2n) is 8.91. The minimum atomic E-state index is -1.05. The fraction of sp³-hybridized carbons (Fsp3) is 0.360. The maximum Gasteiger partial charge on any atom is 0.271 e. The molecule has 7 heteroatoms. The van der Waals surface area contributed by atoms with E-state index in [0.717, 1.165) is 36.9 Å². The minimum Gasteiger partial charge on any atom is -0.463 e. The van der Waals surface area contributed by atoms with E-state index in [1.165, 1.54) is 0 Å². The smallest absolute Gasteiger partial charge is 0.271 e. The molecular formula is C25H26ClN3O3. The van der Waals surface area contributed by atoms with Crippen LogP contribution in [0.4, 0.5) is 0 Å². The van der Waals surface area contributed by atoms with E-state index in [0.29, 0.717) is 29.6 Å². The Labute approximate surface area is 192 Å². The molecular weight excluding hydrogens is 426 g/mol. The molecule has 3 aromatic rings. The zero-order valence-electron chi connectivity index (χ0n) is 18.0. The third-order valence-electron chi connectivity index (χ3n) is 6.71. The first-order valence-corrected chi connectivity index (χ1v) is 11.4. The summed E-state index contributed by atoms with van der Waals surface area (Å²) in [4.78, 5) is 29.0. The standard InChI is InChI=1S/C25H26ClN3O3/c1-25(24(31)27-19-5-2-3-6-19)16-28-20(22-7-4-14-32-22)12-13-21(28)23(30)29(25)15-17-8-10-18(26)11-9-17/h4,7-14,19H,2-3,5-6,15-16H2,1H3,(H,27,31). The minimum absolute atomic E-state index is 0.114. The van der Waals surface area contributed by atoms with Crippen molar-refractivity contribution in [3.05, 3.63) is 71.1 Å². The lowest BCUT2D eigenvalue weighted by molar-refractivity contribution is -0.133. The van der Waals surface area contributed by atoms with Crippen molar-refractivity contribution in [2.24, 2.45) is 0 Å². The predicted molar refractivity (Wildman–Crippen MR) is 122 cm³/mol. The Kier molecular flexibility index (Phi) is 5.33. The quantitative estimate of drug-likeness (QED) is 0.601. The molecule has 5 rings (SSSR count). The van der Waals surface area contributed by atoms with Crippen LogP contribution in [-0.4, -0.2) is 32.9 Å². The van der Waals surface area contributed by atoms with Crippen LogP contribution in [0.5, 0.6) is 0 Å². The Hall–Kier alpha value is -2.99. The molecule has 32 heavy (non-hydrogen) atoms. The van der Waals surface area contributed by atoms with Gasteiger partial charge in [0.1, 0.15) is 17.0 Å². The van der Waals surface area contributed by atoms with Crippen LogP contribution in [0.1, 0.15) is 48.7 Å². The number of hydrogen-bond acceptors (Lipinski definition) is 3. The third kappa shape index (κ3) is 3.62. The molecule has 1 unspecified atom stereocenters. The number of benzene rings is 1. The molecule has 1 saturated carbocycles. The molecule has 3 heterocycles. The van der Waals surface area contributed by atoms with E-state index >= 15 is 0 Å². The van der Waals surface area contributed by atoms with Crippen LogP contribution in [0.2, 0.25) is 5.02 Å². The number of amides is 2. The van der Waals surface area contributed by atoms with Gasteiger partial charge < -0.3 is 19.2 Å². The van der Waals surface area contributed by atoms with Gasteiger partial charge in [0.25, 0.3) is 5.91 Å². The Balaban J connectivity index is 1.54. The largest absolute Gasteiger partial charge is 0.463 e. The first kappa shape index (κ1) is 20.9. The van der Waals surface area contributed by atoms with Gasteiger partial charge in [0.05, 0.1) is 18.5 Å². The fourth-order valence-corrected chi connectivity index (χ4v) is 4.97. The zero-order chi connectivity index (χ0) is 22.3. The van der Waals surface area contributed by atoms with Crippen LogP contribution >= 0.6 is 11.6 Å². The van der Waals surface area contributed by atoms with E-state index in [4.69, 9.17) is 16.0 Å². The van der Waals surface area contributed by atoms with Gasteiger partial charge in [-0.15, -0.1) is 0 Å². The van der Waals surface area contributed by atoms with Crippen LogP contribution in [0.15, 0.2) is 59.2 Å². The summed E-state index contributed by atoms with van der Waals surface area (Å²) in [5.41, 5.74) is 1.22. The summed E-state index contributed by atoms with van der Waals surface area (Å²) in [6.07, 6.45) is 5.83. The number of furan rings is 1. The number of aromatic nitrogens is 1. The van der Waals surface area contributed by atoms with E-state index < -0.39 is 5.54 Å². The Morgan fingerprint density at radius 2 is 1.84 bits per heavy atom. The highest BCUT2D eigenvalue weighted by molar-refractivity contribution is 6.30. The average molecular weight is 452 g/mol. The van der Waals surface area contributed by atoms with E-state index in [-0.39, 0.29) is 17.9 Å². The van der Waals surface area contributed by atoms with E-state index in [9.17, 15) is 9.59 Å². The molecule has 0 spiro atoms. The monoisotopic (exact) mass is 451 g/mol. The van der Waals surface area contributed by atoms with Gasteiger partial charge in [0.2, 0.25) is 5.91 Å². The van der Waals surface area contributed by atoms with Crippen molar-refractivity contribution < 1.29 is 14.0 Å². The van der Waals surface area contributed by atoms with Crippen molar-refractivity contribution in [3.63, 3.8) is 0 Å². The number of nitrogens with one attached hydrogen (secondary N) is 1. The summed E-state index contributed by atoms with van der Waals surface area (Å²) >= 11 is 6.05. The van der Waals surface area contributed by atoms with Crippen molar-refractivity contribution in [3.8, 4) is 11.5 Å². The summed E-state index contributed by atoms with van der Waals surface area (Å²) in [5.74, 6) is 0.387. The zero-order valence-corrected chi connectivity index (χ0v) is 18.8. The lowest BCUT2D eigenvalue weighted by Gasteiger charge is -2.44. The Morgan fingerprint density at radius 1 is 1.12 bits per heavy atom. The van der Waals surface area contributed by atoms with Crippen LogP contribution in [0.3, 0.4) is 0 Å². The molecule has 0 bridgehead atoms. The second kappa shape index (κ2) is 8.17. The number of halogens is 1. The summed E-state index contributed by atoms with van der Waals surface area (Å²) in [6.45, 7) is 2.54. The first-order valence-electron chi connectivity index (χ1n) is 11.1. The number of carbonyl (C=O) groups is 2. The van der Waals surface area contributed by atoms with Crippen molar-refractivity contribution in [1.82, 2.24) is 14.8 Å². The highest BCUT2D eigenvalue weighted by Crippen LogP contribution is 2.35. The van der Waals surface area contributed by atoms with Crippen LogP contribution in [0.25, 0.3) is 11.5 Å². The molecule has 6 nitrogen and oxygen atoms in total. The van der Waals surface area contributed by atoms with Crippen molar-refractivity contribution in [2.75, 3.05) is 0 Å². The third-order valence-corrected chi connectivity index (χ3v) is 6.97. The van der Waals surface area contributed by atoms with Crippen molar-refractivity contribution in [1.29, 1.82) is 0 Å². The van der Waals surface area contributed by atoms with Gasteiger partial charge in [0.15, 0.2) is 0 Å². The number of carbonyl (C=O) groups excluding carboxylic acids is 2. The molecule has 2 aromatic heterocycles. The summed E-state index contributed by atoms with van der Waals surface area (Å²) < 4.78 is 7.50. The number of fused-ring (bicyclic) bond motifs is 1. The topological polar surface area (TPSA) is 67.5 Å². The van der Waals surface area contributed by atoms with Gasteiger partial charge in [-0.25, -0.2) is 0 Å². The van der Waals surface area contributed by atoms with Crippen molar-refractivity contribution >= 4 is 23.4 Å². The maximum absolute atomic E-state index is 13.7. The van der Waals surface area contributed by atoms with Gasteiger partial charge in [-0.2, -0.15) is 0 Å². The summed E-state index contributed by atoms with van der Waals surface area (Å²) in [7, 11) is 0. The van der Waals surface area contributed by atoms with Crippen LogP contribution < -0.4 is 5.32 Å². The van der Waals surface area contributed by atoms with Gasteiger partial charge in [-0.05, 0) is 61.7 Å². The average Bonchev–Trinajstić information content (AvgIpc) is 3.54. The molecule has 2 aliphatic rings. The van der Waals surface area contributed by atoms with Crippen LogP contribution in [-0.2, 0) is 17.9 Å². The lowest BCUT2D eigenvalue weighted by Crippen LogP contribution is -2.64. The molecule has 0 radical (unpaired) electrons. The molecule has 1 N–H and O–H groups in total. The molecule has 1 atom stereocenters. The highest BCUT2D eigenvalue weighted by Gasteiger charge is 2.48. The fourth-order valence-electron chi connectivity index (χ4n) is 4.84. The number of rotatable bonds is 5. The molecule has 166 valence electrons. The van der Waals surface area contributed by atoms with Crippen LogP contribution in [0, 0.1) is 0 Å². The molecule has 1 aliphatic carbocycles. The summed E-state index contributed by atoms with van der Waals surface area (Å²) in [5, 5.41) is 3.86. The van der Waals surface area contributed by atoms with E-state index in [2.05, 4.69) is 5.32 Å². The van der Waals surface area contributed by atoms with Gasteiger partial charge in [0, 0.05) is 17.6 Å². The number of hydrogen-bond donors (Lipinski definition) is 1. The lowest BCUT2D eigenvalue weighted by atomic mass is 9.93. The normalized spacial score (nSPS) is 21.1. The molecule has 1 aromatic carbocycles. The molecule has 2 amide bonds. The second-order valence-corrected chi connectivity index (χ2v) is 9.35. The molecule has 0 saturated heterocycles. The van der Waals surface area contributed by atoms with Gasteiger partial charge in [-0.1, -0.05) is 36.6 Å². The maximum atomic E-state index is 13.7. The summed E-state index contributed by atoms with van der Waals surface area (Å²) in [6, 6.07) is 14.9. The Bertz CT molecular complexity index is 1130. The Morgan fingerprint density at radius 3 is 2.53 bits per heavy atom. The highest BCUT2D eigenvalue weighted by atomic mass is 35.5. The molecule has 1 aliphatic heterocycles. The molecule has 1 fully saturated rings. The first-order chi connectivity index (χ1) is 15.5. The number of nitrogens with zero attached hydrogens (tertiary/aromatic N) is 2. The van der Waals surface area contributed by atoms with Crippen molar-refractivity contribution in [2.45, 2.75) is 57.3 Å². The van der Waals surface area contributed by atoms with E-state index in [1.54, 1.807) is 23.3 Å². The van der Waals surface area contributed by atoms with Gasteiger partial charge in [-0.3, -0.25) is 9.59 Å².